The SMILES string of the molecule is O=C(O)C1c2ccsc2CCN1CCN1C(=O)CCC1=O. The van der Waals surface area contributed by atoms with Crippen molar-refractivity contribution in [3.05, 3.63) is 21.9 Å². The van der Waals surface area contributed by atoms with Crippen molar-refractivity contribution in [3.63, 3.8) is 0 Å². The number of rotatable bonds is 4. The highest BCUT2D eigenvalue weighted by Crippen LogP contribution is 2.33. The first-order valence-corrected chi connectivity index (χ1v) is 7.82. The highest BCUT2D eigenvalue weighted by Gasteiger charge is 2.35. The summed E-state index contributed by atoms with van der Waals surface area (Å²) in [4.78, 5) is 39.0. The van der Waals surface area contributed by atoms with Crippen LogP contribution in [0.25, 0.3) is 0 Å². The molecule has 0 saturated carbocycles. The number of aliphatic carboxylic acids is 1. The number of hydrogen-bond acceptors (Lipinski definition) is 5. The molecule has 0 aliphatic carbocycles. The average Bonchev–Trinajstić information content (AvgIpc) is 3.03. The number of nitrogens with zero attached hydrogens (tertiary/aromatic N) is 2. The summed E-state index contributed by atoms with van der Waals surface area (Å²) in [6, 6.07) is 1.18. The zero-order chi connectivity index (χ0) is 15.0. The van der Waals surface area contributed by atoms with Crippen LogP contribution in [0.3, 0.4) is 0 Å². The van der Waals surface area contributed by atoms with E-state index in [1.54, 1.807) is 11.3 Å². The number of carbonyl (C=O) groups excluding carboxylic acids is 2. The molecule has 2 amide bonds. The normalized spacial score (nSPS) is 22.7. The number of carboxylic acid groups (broad SMARTS) is 1. The number of hydrogen-bond donors (Lipinski definition) is 1. The zero-order valence-corrected chi connectivity index (χ0v) is 12.3. The van der Waals surface area contributed by atoms with Gasteiger partial charge in [0.25, 0.3) is 0 Å². The molecular formula is C14H16N2O4S. The van der Waals surface area contributed by atoms with E-state index >= 15 is 0 Å². The summed E-state index contributed by atoms with van der Waals surface area (Å²) in [5, 5.41) is 11.4. The van der Waals surface area contributed by atoms with Crippen LogP contribution in [0.15, 0.2) is 11.4 Å². The van der Waals surface area contributed by atoms with Gasteiger partial charge in [-0.05, 0) is 23.4 Å². The van der Waals surface area contributed by atoms with E-state index in [2.05, 4.69) is 0 Å². The highest BCUT2D eigenvalue weighted by molar-refractivity contribution is 7.10. The second-order valence-corrected chi connectivity index (χ2v) is 6.27. The fraction of sp³-hybridized carbons (Fsp3) is 0.500. The summed E-state index contributed by atoms with van der Waals surface area (Å²) in [5.41, 5.74) is 0.845. The van der Waals surface area contributed by atoms with Crippen molar-refractivity contribution in [2.45, 2.75) is 25.3 Å². The van der Waals surface area contributed by atoms with Gasteiger partial charge in [-0.25, -0.2) is 0 Å². The number of amides is 2. The minimum Gasteiger partial charge on any atom is -0.480 e. The van der Waals surface area contributed by atoms with E-state index in [0.717, 1.165) is 16.9 Å². The number of thiophene rings is 1. The topological polar surface area (TPSA) is 77.9 Å². The van der Waals surface area contributed by atoms with Crippen LogP contribution in [-0.2, 0) is 20.8 Å². The first-order valence-electron chi connectivity index (χ1n) is 6.94. The lowest BCUT2D eigenvalue weighted by Gasteiger charge is -2.33. The third kappa shape index (κ3) is 2.58. The minimum atomic E-state index is -0.881. The van der Waals surface area contributed by atoms with E-state index in [-0.39, 0.29) is 31.2 Å². The van der Waals surface area contributed by atoms with Crippen molar-refractivity contribution in [2.24, 2.45) is 0 Å². The average molecular weight is 308 g/mol. The summed E-state index contributed by atoms with van der Waals surface area (Å²) in [6.45, 7) is 1.32. The smallest absolute Gasteiger partial charge is 0.325 e. The van der Waals surface area contributed by atoms with Crippen LogP contribution in [0, 0.1) is 0 Å². The molecule has 2 aliphatic heterocycles. The van der Waals surface area contributed by atoms with Crippen LogP contribution in [0.5, 0.6) is 0 Å². The molecule has 7 heteroatoms. The Morgan fingerprint density at radius 2 is 1.95 bits per heavy atom. The van der Waals surface area contributed by atoms with Crippen molar-refractivity contribution in [2.75, 3.05) is 19.6 Å². The maximum atomic E-state index is 11.6. The van der Waals surface area contributed by atoms with Gasteiger partial charge < -0.3 is 5.11 Å². The molecule has 1 N–H and O–H groups in total. The van der Waals surface area contributed by atoms with E-state index in [1.165, 1.54) is 4.90 Å². The molecule has 1 aromatic heterocycles. The summed E-state index contributed by atoms with van der Waals surface area (Å²) >= 11 is 1.58. The molecule has 1 atom stereocenters. The predicted molar refractivity (Wildman–Crippen MR) is 75.9 cm³/mol. The van der Waals surface area contributed by atoms with Gasteiger partial charge >= 0.3 is 5.97 Å². The molecule has 0 aromatic carbocycles. The summed E-state index contributed by atoms with van der Waals surface area (Å²) in [7, 11) is 0. The fourth-order valence-corrected chi connectivity index (χ4v) is 3.90. The van der Waals surface area contributed by atoms with E-state index in [0.29, 0.717) is 13.1 Å². The van der Waals surface area contributed by atoms with Crippen molar-refractivity contribution in [1.82, 2.24) is 9.80 Å². The Morgan fingerprint density at radius 1 is 1.24 bits per heavy atom. The Balaban J connectivity index is 1.72. The molecule has 1 unspecified atom stereocenters. The van der Waals surface area contributed by atoms with Crippen LogP contribution in [0.1, 0.15) is 29.3 Å². The third-order valence-electron chi connectivity index (χ3n) is 4.07. The van der Waals surface area contributed by atoms with Gasteiger partial charge in [0.15, 0.2) is 0 Å². The van der Waals surface area contributed by atoms with Crippen molar-refractivity contribution >= 4 is 29.1 Å². The standard InChI is InChI=1S/C14H16N2O4S/c17-11-1-2-12(18)16(11)7-6-15-5-3-10-9(4-8-21-10)13(15)14(19)20/h4,8,13H,1-3,5-7H2,(H,19,20). The first kappa shape index (κ1) is 14.2. The molecule has 0 bridgehead atoms. The third-order valence-corrected chi connectivity index (χ3v) is 5.06. The van der Waals surface area contributed by atoms with Gasteiger partial charge in [-0.1, -0.05) is 0 Å². The summed E-state index contributed by atoms with van der Waals surface area (Å²) in [5.74, 6) is -1.19. The van der Waals surface area contributed by atoms with Crippen LogP contribution in [0.4, 0.5) is 0 Å². The Kier molecular flexibility index (Phi) is 3.77. The van der Waals surface area contributed by atoms with Crippen molar-refractivity contribution < 1.29 is 19.5 Å². The number of carbonyl (C=O) groups is 3. The molecule has 0 radical (unpaired) electrons. The van der Waals surface area contributed by atoms with Gasteiger partial charge in [-0.15, -0.1) is 11.3 Å². The van der Waals surface area contributed by atoms with Gasteiger partial charge in [-0.3, -0.25) is 24.2 Å². The Morgan fingerprint density at radius 3 is 2.62 bits per heavy atom. The van der Waals surface area contributed by atoms with Gasteiger partial charge in [0, 0.05) is 37.4 Å². The monoisotopic (exact) mass is 308 g/mol. The molecule has 6 nitrogen and oxygen atoms in total. The van der Waals surface area contributed by atoms with Gasteiger partial charge in [-0.2, -0.15) is 0 Å². The van der Waals surface area contributed by atoms with E-state index in [1.807, 2.05) is 16.3 Å². The predicted octanol–water partition coefficient (Wildman–Crippen LogP) is 0.881. The highest BCUT2D eigenvalue weighted by atomic mass is 32.1. The second kappa shape index (κ2) is 5.57. The van der Waals surface area contributed by atoms with Gasteiger partial charge in [0.1, 0.15) is 6.04 Å². The lowest BCUT2D eigenvalue weighted by molar-refractivity contribution is -0.144. The number of imide groups is 1. The molecule has 1 aromatic rings. The molecule has 3 heterocycles. The number of fused-ring (bicyclic) bond motifs is 1. The maximum Gasteiger partial charge on any atom is 0.325 e. The lowest BCUT2D eigenvalue weighted by atomic mass is 10.00. The Bertz CT molecular complexity index is 582. The molecule has 1 fully saturated rings. The molecule has 2 aliphatic rings. The first-order chi connectivity index (χ1) is 10.1. The van der Waals surface area contributed by atoms with E-state index in [9.17, 15) is 19.5 Å². The Labute approximate surface area is 126 Å². The van der Waals surface area contributed by atoms with E-state index in [4.69, 9.17) is 0 Å². The quantitative estimate of drug-likeness (QED) is 0.836. The number of likely N-dealkylation sites (tertiary alicyclic amines) is 1. The molecule has 3 rings (SSSR count). The fourth-order valence-electron chi connectivity index (χ4n) is 3.00. The lowest BCUT2D eigenvalue weighted by Crippen LogP contribution is -2.44. The van der Waals surface area contributed by atoms with E-state index < -0.39 is 12.0 Å². The van der Waals surface area contributed by atoms with Crippen molar-refractivity contribution in [1.29, 1.82) is 0 Å². The molecule has 1 saturated heterocycles. The van der Waals surface area contributed by atoms with Crippen LogP contribution in [0.2, 0.25) is 0 Å². The molecular weight excluding hydrogens is 292 g/mol. The van der Waals surface area contributed by atoms with Gasteiger partial charge in [0.05, 0.1) is 0 Å². The van der Waals surface area contributed by atoms with Crippen LogP contribution in [-0.4, -0.2) is 52.3 Å². The van der Waals surface area contributed by atoms with Crippen molar-refractivity contribution in [3.8, 4) is 0 Å². The van der Waals surface area contributed by atoms with Crippen LogP contribution >= 0.6 is 11.3 Å². The minimum absolute atomic E-state index is 0.153. The number of carboxylic acids is 1. The molecule has 21 heavy (non-hydrogen) atoms. The largest absolute Gasteiger partial charge is 0.480 e. The summed E-state index contributed by atoms with van der Waals surface area (Å²) < 4.78 is 0. The maximum absolute atomic E-state index is 11.6. The zero-order valence-electron chi connectivity index (χ0n) is 11.4. The van der Waals surface area contributed by atoms with Gasteiger partial charge in [0.2, 0.25) is 11.8 Å². The summed E-state index contributed by atoms with van der Waals surface area (Å²) in [6.07, 6.45) is 1.37. The second-order valence-electron chi connectivity index (χ2n) is 5.26. The van der Waals surface area contributed by atoms with Crippen LogP contribution < -0.4 is 0 Å². The molecule has 112 valence electrons. The molecule has 0 spiro atoms. The Hall–Kier alpha value is -1.73.